The molecule has 4 N–H and O–H groups in total. The summed E-state index contributed by atoms with van der Waals surface area (Å²) in [7, 11) is 0. The van der Waals surface area contributed by atoms with Gasteiger partial charge in [-0.1, -0.05) is 41.9 Å². The van der Waals surface area contributed by atoms with Crippen LogP contribution in [0.2, 0.25) is 5.02 Å². The first-order chi connectivity index (χ1) is 18.9. The third kappa shape index (κ3) is 3.48. The lowest BCUT2D eigenvalue weighted by molar-refractivity contribution is 0.0539. The Bertz CT molecular complexity index is 1660. The summed E-state index contributed by atoms with van der Waals surface area (Å²) in [4.78, 5) is 12.7. The molecule has 0 spiro atoms. The second-order valence-electron chi connectivity index (χ2n) is 9.97. The monoisotopic (exact) mass is 549 g/mol. The molecule has 39 heavy (non-hydrogen) atoms. The van der Waals surface area contributed by atoms with Gasteiger partial charge in [0.1, 0.15) is 29.6 Å². The van der Waals surface area contributed by atoms with Crippen LogP contribution in [0.5, 0.6) is 11.5 Å². The number of nitrogens with two attached hydrogens (primary N) is 1. The largest absolute Gasteiger partial charge is 0.483 e. The van der Waals surface area contributed by atoms with Crippen molar-refractivity contribution in [1.82, 2.24) is 20.7 Å². The van der Waals surface area contributed by atoms with Crippen LogP contribution in [-0.2, 0) is 18.6 Å². The summed E-state index contributed by atoms with van der Waals surface area (Å²) >= 11 is 6.57. The fraction of sp³-hybridized carbons (Fsp3) is 0.250. The highest BCUT2D eigenvalue weighted by molar-refractivity contribution is 6.34. The van der Waals surface area contributed by atoms with E-state index >= 15 is 8.78 Å². The maximum absolute atomic E-state index is 16.4. The number of primary amides is 1. The SMILES string of the molecule is NC(=O)c1cc2c(c(F)c1-c1c(Cl)c(F)cc3c1C[C@](c1ccccc1)([C@@H]1CCCN1)O3)OCc1n[nH]nc1-2. The quantitative estimate of drug-likeness (QED) is 0.341. The van der Waals surface area contributed by atoms with Crippen LogP contribution in [0.25, 0.3) is 22.4 Å². The molecule has 4 aromatic rings. The Morgan fingerprint density at radius 1 is 1.15 bits per heavy atom. The van der Waals surface area contributed by atoms with Crippen molar-refractivity contribution < 1.29 is 23.0 Å². The van der Waals surface area contributed by atoms with E-state index < -0.39 is 23.1 Å². The minimum absolute atomic E-state index is 0.0196. The normalized spacial score (nSPS) is 21.1. The highest BCUT2D eigenvalue weighted by Crippen LogP contribution is 2.53. The summed E-state index contributed by atoms with van der Waals surface area (Å²) < 4.78 is 44.1. The summed E-state index contributed by atoms with van der Waals surface area (Å²) in [5, 5.41) is 13.7. The molecule has 1 amide bonds. The van der Waals surface area contributed by atoms with Crippen molar-refractivity contribution in [2.45, 2.75) is 37.5 Å². The van der Waals surface area contributed by atoms with Crippen LogP contribution in [0.4, 0.5) is 8.78 Å². The lowest BCUT2D eigenvalue weighted by Crippen LogP contribution is -2.48. The van der Waals surface area contributed by atoms with Crippen LogP contribution in [0.15, 0.2) is 42.5 Å². The molecule has 3 aromatic carbocycles. The third-order valence-electron chi connectivity index (χ3n) is 7.87. The minimum Gasteiger partial charge on any atom is -0.483 e. The van der Waals surface area contributed by atoms with Crippen molar-refractivity contribution in [2.75, 3.05) is 6.54 Å². The summed E-state index contributed by atoms with van der Waals surface area (Å²) in [6.45, 7) is 0.779. The van der Waals surface area contributed by atoms with Gasteiger partial charge >= 0.3 is 0 Å². The number of benzene rings is 3. The van der Waals surface area contributed by atoms with Gasteiger partial charge in [0.15, 0.2) is 17.2 Å². The van der Waals surface area contributed by atoms with E-state index in [0.717, 1.165) is 24.9 Å². The molecule has 1 aromatic heterocycles. The van der Waals surface area contributed by atoms with Crippen LogP contribution in [-0.4, -0.2) is 33.9 Å². The van der Waals surface area contributed by atoms with Crippen LogP contribution >= 0.6 is 11.6 Å². The van der Waals surface area contributed by atoms with Crippen molar-refractivity contribution >= 4 is 17.5 Å². The van der Waals surface area contributed by atoms with E-state index in [-0.39, 0.29) is 57.8 Å². The molecule has 3 aliphatic rings. The average molecular weight is 550 g/mol. The van der Waals surface area contributed by atoms with Crippen molar-refractivity contribution in [1.29, 1.82) is 0 Å². The van der Waals surface area contributed by atoms with E-state index in [0.29, 0.717) is 17.0 Å². The number of aromatic amines is 1. The number of hydrogen-bond donors (Lipinski definition) is 3. The predicted octanol–water partition coefficient (Wildman–Crippen LogP) is 4.64. The molecule has 0 saturated carbocycles. The highest BCUT2D eigenvalue weighted by atomic mass is 35.5. The summed E-state index contributed by atoms with van der Waals surface area (Å²) in [5.41, 5.74) is 6.87. The highest BCUT2D eigenvalue weighted by Gasteiger charge is 2.50. The van der Waals surface area contributed by atoms with Gasteiger partial charge in [0.2, 0.25) is 5.91 Å². The summed E-state index contributed by atoms with van der Waals surface area (Å²) in [5.74, 6) is -2.52. The Kier molecular flexibility index (Phi) is 5.40. The predicted molar refractivity (Wildman–Crippen MR) is 139 cm³/mol. The first-order valence-electron chi connectivity index (χ1n) is 12.6. The standard InChI is InChI=1S/C28H22ClF2N5O3/c29-23-17(30)10-19-16(11-28(39-19,20-7-4-8-33-20)13-5-2-1-3-6-13)21(23)22-14(27(32)37)9-15-25-18(34-36-35-25)12-38-26(15)24(22)31/h1-3,5-6,9-10,20,33H,4,7-8,11-12H2,(H2,32,37)(H,34,35,36)/t20-,28-/m0/s1. The molecule has 2 atom stereocenters. The lowest BCUT2D eigenvalue weighted by Gasteiger charge is -2.35. The van der Waals surface area contributed by atoms with Gasteiger partial charge in [0.25, 0.3) is 0 Å². The van der Waals surface area contributed by atoms with Crippen LogP contribution in [0.3, 0.4) is 0 Å². The fourth-order valence-electron chi connectivity index (χ4n) is 6.12. The molecule has 1 fully saturated rings. The van der Waals surface area contributed by atoms with Gasteiger partial charge in [0, 0.05) is 29.2 Å². The Hall–Kier alpha value is -4.02. The number of nitrogens with one attached hydrogen (secondary N) is 2. The van der Waals surface area contributed by atoms with Crippen molar-refractivity contribution in [3.05, 3.63) is 81.5 Å². The zero-order valence-corrected chi connectivity index (χ0v) is 21.2. The topological polar surface area (TPSA) is 115 Å². The van der Waals surface area contributed by atoms with Gasteiger partial charge in [-0.05, 0) is 31.0 Å². The number of amides is 1. The smallest absolute Gasteiger partial charge is 0.249 e. The molecular formula is C28H22ClF2N5O3. The van der Waals surface area contributed by atoms with Gasteiger partial charge in [-0.2, -0.15) is 15.4 Å². The molecule has 1 saturated heterocycles. The zero-order chi connectivity index (χ0) is 26.9. The van der Waals surface area contributed by atoms with E-state index in [4.69, 9.17) is 26.8 Å². The Balaban J connectivity index is 1.48. The summed E-state index contributed by atoms with van der Waals surface area (Å²) in [6, 6.07) is 12.2. The van der Waals surface area contributed by atoms with E-state index in [9.17, 15) is 4.79 Å². The number of ether oxygens (including phenoxy) is 2. The molecule has 4 heterocycles. The Labute approximate surface area is 226 Å². The van der Waals surface area contributed by atoms with Crippen molar-refractivity contribution in [2.24, 2.45) is 5.73 Å². The molecule has 11 heteroatoms. The maximum Gasteiger partial charge on any atom is 0.249 e. The number of aromatic nitrogens is 3. The van der Waals surface area contributed by atoms with Gasteiger partial charge in [-0.3, -0.25) is 4.79 Å². The minimum atomic E-state index is -0.915. The Morgan fingerprint density at radius 2 is 1.97 bits per heavy atom. The van der Waals surface area contributed by atoms with Crippen molar-refractivity contribution in [3.63, 3.8) is 0 Å². The molecule has 7 rings (SSSR count). The Morgan fingerprint density at radius 3 is 2.72 bits per heavy atom. The molecule has 0 bridgehead atoms. The van der Waals surface area contributed by atoms with Crippen LogP contribution in [0, 0.1) is 11.6 Å². The van der Waals surface area contributed by atoms with E-state index in [1.807, 2.05) is 30.3 Å². The molecule has 3 aliphatic heterocycles. The molecule has 0 radical (unpaired) electrons. The lowest BCUT2D eigenvalue weighted by atomic mass is 9.80. The number of fused-ring (bicyclic) bond motifs is 4. The molecule has 198 valence electrons. The van der Waals surface area contributed by atoms with E-state index in [1.54, 1.807) is 0 Å². The number of carbonyl (C=O) groups excluding carboxylic acids is 1. The molecule has 0 aliphatic carbocycles. The number of nitrogens with zero attached hydrogens (tertiary/aromatic N) is 2. The van der Waals surface area contributed by atoms with E-state index in [2.05, 4.69) is 20.7 Å². The van der Waals surface area contributed by atoms with Gasteiger partial charge in [-0.15, -0.1) is 0 Å². The number of carbonyl (C=O) groups is 1. The summed E-state index contributed by atoms with van der Waals surface area (Å²) in [6.07, 6.45) is 2.05. The van der Waals surface area contributed by atoms with Gasteiger partial charge < -0.3 is 20.5 Å². The average Bonchev–Trinajstić information content (AvgIpc) is 3.70. The second-order valence-corrected chi connectivity index (χ2v) is 10.3. The molecule has 8 nitrogen and oxygen atoms in total. The van der Waals surface area contributed by atoms with Crippen molar-refractivity contribution in [3.8, 4) is 33.9 Å². The van der Waals surface area contributed by atoms with Gasteiger partial charge in [0.05, 0.1) is 22.2 Å². The number of H-pyrrole nitrogens is 1. The molecular weight excluding hydrogens is 528 g/mol. The maximum atomic E-state index is 16.4. The third-order valence-corrected chi connectivity index (χ3v) is 8.24. The fourth-order valence-corrected chi connectivity index (χ4v) is 6.38. The number of rotatable bonds is 4. The number of hydrogen-bond acceptors (Lipinski definition) is 6. The van der Waals surface area contributed by atoms with Gasteiger partial charge in [-0.25, -0.2) is 8.78 Å². The zero-order valence-electron chi connectivity index (χ0n) is 20.5. The molecule has 0 unspecified atom stereocenters. The first-order valence-corrected chi connectivity index (χ1v) is 12.9. The second kappa shape index (κ2) is 8.75. The van der Waals surface area contributed by atoms with Crippen LogP contribution in [0.1, 0.15) is 40.0 Å². The van der Waals surface area contributed by atoms with Crippen LogP contribution < -0.4 is 20.5 Å². The van der Waals surface area contributed by atoms with E-state index in [1.165, 1.54) is 12.1 Å². The number of halogens is 3. The first kappa shape index (κ1) is 24.1.